The van der Waals surface area contributed by atoms with Crippen molar-refractivity contribution >= 4 is 5.78 Å². The number of Topliss-reactive ketones (excluding diaryl/α,β-unsaturated/α-hetero) is 1. The van der Waals surface area contributed by atoms with E-state index in [-0.39, 0.29) is 11.8 Å². The zero-order valence-electron chi connectivity index (χ0n) is 9.55. The molecule has 1 N–H and O–H groups in total. The quantitative estimate of drug-likeness (QED) is 0.713. The lowest BCUT2D eigenvalue weighted by Crippen LogP contribution is -2.32. The van der Waals surface area contributed by atoms with Crippen LogP contribution in [0, 0.1) is 5.92 Å². The molecule has 0 saturated carbocycles. The van der Waals surface area contributed by atoms with E-state index in [1.807, 2.05) is 13.8 Å². The van der Waals surface area contributed by atoms with Gasteiger partial charge >= 0.3 is 0 Å². The second-order valence-electron chi connectivity index (χ2n) is 3.16. The van der Waals surface area contributed by atoms with E-state index in [4.69, 9.17) is 0 Å². The fraction of sp³-hybridized carbons (Fsp3) is 0.727. The Morgan fingerprint density at radius 1 is 1.46 bits per heavy atom. The van der Waals surface area contributed by atoms with Gasteiger partial charge in [-0.1, -0.05) is 34.3 Å². The highest BCUT2D eigenvalue weighted by atomic mass is 16.1. The van der Waals surface area contributed by atoms with Gasteiger partial charge in [0.2, 0.25) is 0 Å². The smallest absolute Gasteiger partial charge is 0.151 e. The summed E-state index contributed by atoms with van der Waals surface area (Å²) < 4.78 is 0. The molecule has 0 aromatic carbocycles. The van der Waals surface area contributed by atoms with Crippen LogP contribution in [0.15, 0.2) is 12.8 Å². The maximum atomic E-state index is 11.0. The molecule has 0 aliphatic rings. The normalized spacial score (nSPS) is 11.2. The highest BCUT2D eigenvalue weighted by molar-refractivity contribution is 5.81. The molecule has 0 rings (SSSR count). The Hall–Kier alpha value is -0.790. The van der Waals surface area contributed by atoms with Crippen molar-refractivity contribution in [3.63, 3.8) is 0 Å². The summed E-state index contributed by atoms with van der Waals surface area (Å²) in [6, 6.07) is -0.0486. The molecule has 0 aromatic rings. The van der Waals surface area contributed by atoms with Crippen LogP contribution in [-0.4, -0.2) is 11.8 Å². The first kappa shape index (κ1) is 14.7. The van der Waals surface area contributed by atoms with Crippen molar-refractivity contribution in [2.75, 3.05) is 0 Å². The Morgan fingerprint density at radius 2 is 1.92 bits per heavy atom. The van der Waals surface area contributed by atoms with E-state index in [1.165, 1.54) is 0 Å². The molecule has 13 heavy (non-hydrogen) atoms. The highest BCUT2D eigenvalue weighted by Gasteiger charge is 2.12. The highest BCUT2D eigenvalue weighted by Crippen LogP contribution is 2.04. The van der Waals surface area contributed by atoms with Gasteiger partial charge in [0.05, 0.1) is 6.04 Å². The summed E-state index contributed by atoms with van der Waals surface area (Å²) in [6.07, 6.45) is 2.45. The van der Waals surface area contributed by atoms with Gasteiger partial charge in [-0.2, -0.15) is 0 Å². The molecule has 0 amide bonds. The fourth-order valence-corrected chi connectivity index (χ4v) is 0.965. The summed E-state index contributed by atoms with van der Waals surface area (Å²) in [5.41, 5.74) is 0. The molecule has 0 aliphatic carbocycles. The van der Waals surface area contributed by atoms with Gasteiger partial charge in [-0.05, 0) is 25.5 Å². The van der Waals surface area contributed by atoms with Crippen molar-refractivity contribution < 1.29 is 4.79 Å². The van der Waals surface area contributed by atoms with E-state index in [2.05, 4.69) is 25.7 Å². The molecular weight excluding hydrogens is 162 g/mol. The number of ketones is 1. The SMILES string of the molecule is C=CN[C@@H](CC(C)C)C(C)=O.CC. The number of hydrogen-bond donors (Lipinski definition) is 1. The van der Waals surface area contributed by atoms with Gasteiger partial charge in [-0.3, -0.25) is 4.79 Å². The molecule has 0 spiro atoms. The van der Waals surface area contributed by atoms with Crippen LogP contribution in [0.1, 0.15) is 41.0 Å². The van der Waals surface area contributed by atoms with Gasteiger partial charge < -0.3 is 5.32 Å². The van der Waals surface area contributed by atoms with Gasteiger partial charge in [0.1, 0.15) is 0 Å². The van der Waals surface area contributed by atoms with Gasteiger partial charge in [0.15, 0.2) is 5.78 Å². The zero-order valence-corrected chi connectivity index (χ0v) is 9.55. The summed E-state index contributed by atoms with van der Waals surface area (Å²) >= 11 is 0. The molecule has 0 bridgehead atoms. The number of hydrogen-bond acceptors (Lipinski definition) is 2. The molecule has 0 aliphatic heterocycles. The van der Waals surface area contributed by atoms with E-state index in [1.54, 1.807) is 13.1 Å². The summed E-state index contributed by atoms with van der Waals surface area (Å²) in [4.78, 5) is 11.0. The monoisotopic (exact) mass is 185 g/mol. The van der Waals surface area contributed by atoms with E-state index >= 15 is 0 Å². The Kier molecular flexibility index (Phi) is 10.5. The topological polar surface area (TPSA) is 29.1 Å². The molecule has 0 aromatic heterocycles. The Labute approximate surface area is 82.4 Å². The molecule has 78 valence electrons. The van der Waals surface area contributed by atoms with Crippen LogP contribution in [0.5, 0.6) is 0 Å². The van der Waals surface area contributed by atoms with E-state index < -0.39 is 0 Å². The lowest BCUT2D eigenvalue weighted by Gasteiger charge is -2.15. The average molecular weight is 185 g/mol. The number of carbonyl (C=O) groups is 1. The van der Waals surface area contributed by atoms with Crippen LogP contribution in [0.3, 0.4) is 0 Å². The lowest BCUT2D eigenvalue weighted by atomic mass is 10.0. The van der Waals surface area contributed by atoms with Gasteiger partial charge in [0, 0.05) is 0 Å². The maximum absolute atomic E-state index is 11.0. The minimum absolute atomic E-state index is 0.0486. The van der Waals surface area contributed by atoms with Crippen LogP contribution in [0.2, 0.25) is 0 Å². The van der Waals surface area contributed by atoms with Crippen molar-refractivity contribution in [3.05, 3.63) is 12.8 Å². The average Bonchev–Trinajstić information content (AvgIpc) is 2.06. The molecular formula is C11H23NO. The van der Waals surface area contributed by atoms with Gasteiger partial charge in [-0.25, -0.2) is 0 Å². The van der Waals surface area contributed by atoms with E-state index in [9.17, 15) is 4.79 Å². The summed E-state index contributed by atoms with van der Waals surface area (Å²) in [6.45, 7) is 13.3. The lowest BCUT2D eigenvalue weighted by molar-refractivity contribution is -0.119. The predicted molar refractivity (Wildman–Crippen MR) is 58.6 cm³/mol. The van der Waals surface area contributed by atoms with Gasteiger partial charge in [-0.15, -0.1) is 0 Å². The van der Waals surface area contributed by atoms with Crippen molar-refractivity contribution in [1.29, 1.82) is 0 Å². The third kappa shape index (κ3) is 9.12. The second kappa shape index (κ2) is 9.30. The number of nitrogens with one attached hydrogen (secondary N) is 1. The minimum atomic E-state index is -0.0486. The minimum Gasteiger partial charge on any atom is -0.382 e. The Morgan fingerprint density at radius 3 is 2.15 bits per heavy atom. The van der Waals surface area contributed by atoms with E-state index in [0.717, 1.165) is 6.42 Å². The van der Waals surface area contributed by atoms with Gasteiger partial charge in [0.25, 0.3) is 0 Å². The Balaban J connectivity index is 0. The molecule has 1 atom stereocenters. The molecule has 2 nitrogen and oxygen atoms in total. The molecule has 0 fully saturated rings. The summed E-state index contributed by atoms with van der Waals surface area (Å²) in [5.74, 6) is 0.718. The van der Waals surface area contributed by atoms with Crippen LogP contribution in [-0.2, 0) is 4.79 Å². The first-order valence-corrected chi connectivity index (χ1v) is 4.95. The van der Waals surface area contributed by atoms with Crippen molar-refractivity contribution in [3.8, 4) is 0 Å². The van der Waals surface area contributed by atoms with E-state index in [0.29, 0.717) is 5.92 Å². The van der Waals surface area contributed by atoms with Crippen LogP contribution in [0.25, 0.3) is 0 Å². The van der Waals surface area contributed by atoms with Crippen molar-refractivity contribution in [2.45, 2.75) is 47.1 Å². The zero-order chi connectivity index (χ0) is 10.9. The molecule has 0 heterocycles. The van der Waals surface area contributed by atoms with Crippen LogP contribution >= 0.6 is 0 Å². The van der Waals surface area contributed by atoms with Crippen LogP contribution in [0.4, 0.5) is 0 Å². The molecule has 0 radical (unpaired) electrons. The summed E-state index contributed by atoms with van der Waals surface area (Å²) in [5, 5.41) is 2.93. The number of rotatable bonds is 5. The molecule has 2 heteroatoms. The van der Waals surface area contributed by atoms with Crippen molar-refractivity contribution in [1.82, 2.24) is 5.32 Å². The third-order valence-electron chi connectivity index (χ3n) is 1.52. The third-order valence-corrected chi connectivity index (χ3v) is 1.52. The largest absolute Gasteiger partial charge is 0.382 e. The molecule has 0 unspecified atom stereocenters. The van der Waals surface area contributed by atoms with Crippen LogP contribution < -0.4 is 5.32 Å². The molecule has 0 saturated heterocycles. The van der Waals surface area contributed by atoms with Crippen molar-refractivity contribution in [2.24, 2.45) is 5.92 Å². The Bertz CT molecular complexity index is 141. The number of carbonyl (C=O) groups excluding carboxylic acids is 1. The standard InChI is InChI=1S/C9H17NO.C2H6/c1-5-10-9(8(4)11)6-7(2)3;1-2/h5,7,9-10H,1,6H2,2-4H3;1-2H3/t9-;/m0./s1. The predicted octanol–water partition coefficient (Wildman–Crippen LogP) is 2.75. The fourth-order valence-electron chi connectivity index (χ4n) is 0.965. The summed E-state index contributed by atoms with van der Waals surface area (Å²) in [7, 11) is 0. The maximum Gasteiger partial charge on any atom is 0.151 e. The first-order chi connectivity index (χ1) is 6.07. The first-order valence-electron chi connectivity index (χ1n) is 4.95. The second-order valence-corrected chi connectivity index (χ2v) is 3.16.